The number of nitrogens with zero attached hydrogens (tertiary/aromatic N) is 2. The fourth-order valence-corrected chi connectivity index (χ4v) is 4.75. The van der Waals surface area contributed by atoms with Crippen LogP contribution in [-0.2, 0) is 24.2 Å². The summed E-state index contributed by atoms with van der Waals surface area (Å²) in [6.45, 7) is 1.17. The summed E-state index contributed by atoms with van der Waals surface area (Å²) in [5, 5.41) is 7.12. The van der Waals surface area contributed by atoms with Crippen LogP contribution in [0.2, 0.25) is 0 Å². The number of thiophene rings is 1. The summed E-state index contributed by atoms with van der Waals surface area (Å²) >= 11 is 2.92. The average Bonchev–Trinajstić information content (AvgIpc) is 3.37. The first-order chi connectivity index (χ1) is 13.6. The van der Waals surface area contributed by atoms with Crippen LogP contribution in [-0.4, -0.2) is 35.4 Å². The maximum Gasteiger partial charge on any atom is 0.258 e. The molecule has 0 saturated heterocycles. The minimum atomic E-state index is -0.154. The molecular weight excluding hydrogens is 394 g/mol. The summed E-state index contributed by atoms with van der Waals surface area (Å²) in [5.41, 5.74) is 2.53. The van der Waals surface area contributed by atoms with Gasteiger partial charge in [0.1, 0.15) is 5.75 Å². The molecule has 0 fully saturated rings. The van der Waals surface area contributed by atoms with Gasteiger partial charge in [-0.1, -0.05) is 23.5 Å². The number of aromatic nitrogens is 1. The number of rotatable bonds is 5. The largest absolute Gasteiger partial charge is 0.497 e. The zero-order valence-electron chi connectivity index (χ0n) is 15.3. The van der Waals surface area contributed by atoms with Gasteiger partial charge in [0, 0.05) is 23.2 Å². The molecule has 1 aliphatic heterocycles. The lowest BCUT2D eigenvalue weighted by Crippen LogP contribution is -2.36. The quantitative estimate of drug-likeness (QED) is 0.694. The van der Waals surface area contributed by atoms with Gasteiger partial charge < -0.3 is 9.64 Å². The van der Waals surface area contributed by atoms with Crippen LogP contribution >= 0.6 is 22.7 Å². The molecule has 0 aliphatic carbocycles. The third-order valence-corrected chi connectivity index (χ3v) is 6.26. The van der Waals surface area contributed by atoms with Crippen LogP contribution in [0.15, 0.2) is 41.1 Å². The van der Waals surface area contributed by atoms with E-state index >= 15 is 0 Å². The van der Waals surface area contributed by atoms with E-state index in [1.807, 2.05) is 39.9 Å². The number of amides is 2. The van der Waals surface area contributed by atoms with Gasteiger partial charge in [-0.2, -0.15) is 11.3 Å². The second-order valence-electron chi connectivity index (χ2n) is 6.45. The van der Waals surface area contributed by atoms with Crippen molar-refractivity contribution in [3.05, 3.63) is 62.8 Å². The molecule has 2 aromatic heterocycles. The predicted octanol–water partition coefficient (Wildman–Crippen LogP) is 3.59. The Balaban J connectivity index is 1.41. The van der Waals surface area contributed by atoms with E-state index in [0.717, 1.165) is 21.9 Å². The first kappa shape index (κ1) is 18.6. The second kappa shape index (κ2) is 8.12. The number of carbonyl (C=O) groups is 2. The first-order valence-electron chi connectivity index (χ1n) is 8.85. The van der Waals surface area contributed by atoms with Crippen LogP contribution < -0.4 is 10.1 Å². The van der Waals surface area contributed by atoms with Crippen LogP contribution in [0, 0.1) is 0 Å². The van der Waals surface area contributed by atoms with Crippen molar-refractivity contribution in [2.24, 2.45) is 0 Å². The molecule has 144 valence electrons. The number of anilines is 1. The highest BCUT2D eigenvalue weighted by molar-refractivity contribution is 7.16. The lowest BCUT2D eigenvalue weighted by atomic mass is 10.1. The van der Waals surface area contributed by atoms with Gasteiger partial charge in [-0.05, 0) is 29.1 Å². The van der Waals surface area contributed by atoms with Crippen molar-refractivity contribution in [3.63, 3.8) is 0 Å². The Hall–Kier alpha value is -2.71. The van der Waals surface area contributed by atoms with E-state index in [1.54, 1.807) is 13.2 Å². The van der Waals surface area contributed by atoms with Crippen molar-refractivity contribution in [2.45, 2.75) is 19.4 Å². The summed E-state index contributed by atoms with van der Waals surface area (Å²) < 4.78 is 5.22. The van der Waals surface area contributed by atoms with Crippen molar-refractivity contribution in [1.29, 1.82) is 0 Å². The number of ether oxygens (including phenoxy) is 1. The van der Waals surface area contributed by atoms with Crippen molar-refractivity contribution in [1.82, 2.24) is 9.88 Å². The van der Waals surface area contributed by atoms with Crippen molar-refractivity contribution < 1.29 is 14.3 Å². The standard InChI is InChI=1S/C20H19N3O3S2/c1-26-15-4-2-3-13(9-15)10-18(24)23-7-5-16-17(11-23)28-20(21-16)22-19(25)14-6-8-27-12-14/h2-4,6,8-9,12H,5,7,10-11H2,1H3,(H,21,22,25). The van der Waals surface area contributed by atoms with Gasteiger partial charge in [0.15, 0.2) is 5.13 Å². The monoisotopic (exact) mass is 413 g/mol. The summed E-state index contributed by atoms with van der Waals surface area (Å²) in [6.07, 6.45) is 1.04. The van der Waals surface area contributed by atoms with Gasteiger partial charge in [-0.3, -0.25) is 14.9 Å². The van der Waals surface area contributed by atoms with E-state index in [1.165, 1.54) is 22.7 Å². The minimum Gasteiger partial charge on any atom is -0.497 e. The first-order valence-corrected chi connectivity index (χ1v) is 10.6. The number of thiazole rings is 1. The van der Waals surface area contributed by atoms with Crippen molar-refractivity contribution >= 4 is 39.6 Å². The van der Waals surface area contributed by atoms with Crippen LogP contribution in [0.4, 0.5) is 5.13 Å². The number of benzene rings is 1. The van der Waals surface area contributed by atoms with Crippen molar-refractivity contribution in [3.8, 4) is 5.75 Å². The molecule has 0 spiro atoms. The Bertz CT molecular complexity index is 998. The Morgan fingerprint density at radius 1 is 1.32 bits per heavy atom. The maximum absolute atomic E-state index is 12.7. The molecule has 4 rings (SSSR count). The van der Waals surface area contributed by atoms with Gasteiger partial charge in [0.25, 0.3) is 5.91 Å². The SMILES string of the molecule is COc1cccc(CC(=O)N2CCc3nc(NC(=O)c4ccsc4)sc3C2)c1. The zero-order valence-corrected chi connectivity index (χ0v) is 16.9. The lowest BCUT2D eigenvalue weighted by molar-refractivity contribution is -0.131. The molecule has 2 amide bonds. The molecule has 3 aromatic rings. The van der Waals surface area contributed by atoms with E-state index in [0.29, 0.717) is 36.6 Å². The highest BCUT2D eigenvalue weighted by Crippen LogP contribution is 2.29. The molecule has 1 aliphatic rings. The molecule has 0 radical (unpaired) electrons. The summed E-state index contributed by atoms with van der Waals surface area (Å²) in [5.74, 6) is 0.675. The Morgan fingerprint density at radius 2 is 2.21 bits per heavy atom. The topological polar surface area (TPSA) is 71.5 Å². The van der Waals surface area contributed by atoms with Gasteiger partial charge in [0.2, 0.25) is 5.91 Å². The number of fused-ring (bicyclic) bond motifs is 1. The fourth-order valence-electron chi connectivity index (χ4n) is 3.09. The predicted molar refractivity (Wildman–Crippen MR) is 110 cm³/mol. The number of methoxy groups -OCH3 is 1. The molecule has 0 unspecified atom stereocenters. The maximum atomic E-state index is 12.7. The van der Waals surface area contributed by atoms with Crippen molar-refractivity contribution in [2.75, 3.05) is 19.0 Å². The fraction of sp³-hybridized carbons (Fsp3) is 0.250. The molecule has 0 bridgehead atoms. The molecule has 3 heterocycles. The highest BCUT2D eigenvalue weighted by Gasteiger charge is 2.25. The van der Waals surface area contributed by atoms with E-state index < -0.39 is 0 Å². The lowest BCUT2D eigenvalue weighted by Gasteiger charge is -2.26. The van der Waals surface area contributed by atoms with Crippen LogP contribution in [0.25, 0.3) is 0 Å². The zero-order chi connectivity index (χ0) is 19.5. The number of hydrogen-bond acceptors (Lipinski definition) is 6. The van der Waals surface area contributed by atoms with Gasteiger partial charge in [-0.25, -0.2) is 4.98 Å². The van der Waals surface area contributed by atoms with E-state index in [9.17, 15) is 9.59 Å². The van der Waals surface area contributed by atoms with Crippen LogP contribution in [0.5, 0.6) is 5.75 Å². The molecule has 28 heavy (non-hydrogen) atoms. The summed E-state index contributed by atoms with van der Waals surface area (Å²) in [7, 11) is 1.62. The van der Waals surface area contributed by atoms with Gasteiger partial charge in [-0.15, -0.1) is 0 Å². The smallest absolute Gasteiger partial charge is 0.258 e. The molecule has 1 aromatic carbocycles. The molecule has 8 heteroatoms. The van der Waals surface area contributed by atoms with E-state index in [2.05, 4.69) is 10.3 Å². The highest BCUT2D eigenvalue weighted by atomic mass is 32.1. The average molecular weight is 414 g/mol. The summed E-state index contributed by atoms with van der Waals surface area (Å²) in [4.78, 5) is 32.3. The van der Waals surface area contributed by atoms with Crippen LogP contribution in [0.1, 0.15) is 26.5 Å². The minimum absolute atomic E-state index is 0.0798. The molecule has 0 saturated carbocycles. The van der Waals surface area contributed by atoms with E-state index in [-0.39, 0.29) is 11.8 Å². The molecular formula is C20H19N3O3S2. The normalized spacial score (nSPS) is 13.1. The van der Waals surface area contributed by atoms with E-state index in [4.69, 9.17) is 4.74 Å². The Kier molecular flexibility index (Phi) is 5.40. The molecule has 6 nitrogen and oxygen atoms in total. The Morgan fingerprint density at radius 3 is 3.00 bits per heavy atom. The third kappa shape index (κ3) is 4.07. The summed E-state index contributed by atoms with van der Waals surface area (Å²) in [6, 6.07) is 9.36. The number of carbonyl (C=O) groups excluding carboxylic acids is 2. The van der Waals surface area contributed by atoms with Gasteiger partial charge >= 0.3 is 0 Å². The van der Waals surface area contributed by atoms with Gasteiger partial charge in [0.05, 0.1) is 31.3 Å². The van der Waals surface area contributed by atoms with Crippen LogP contribution in [0.3, 0.4) is 0 Å². The molecule has 1 N–H and O–H groups in total. The number of nitrogens with one attached hydrogen (secondary N) is 1. The second-order valence-corrected chi connectivity index (χ2v) is 8.31. The third-order valence-electron chi connectivity index (χ3n) is 4.58. The number of hydrogen-bond donors (Lipinski definition) is 1. The molecule has 0 atom stereocenters. The Labute approximate surface area is 170 Å².